The average Bonchev–Trinajstić information content (AvgIpc) is 2.44. The number of hydrogen-bond acceptors (Lipinski definition) is 1. The van der Waals surface area contributed by atoms with Crippen LogP contribution in [-0.4, -0.2) is 5.78 Å². The zero-order valence-corrected chi connectivity index (χ0v) is 10.8. The molecule has 3 rings (SSSR count). The Morgan fingerprint density at radius 3 is 2.47 bits per heavy atom. The van der Waals surface area contributed by atoms with Crippen LogP contribution in [0.2, 0.25) is 0 Å². The molecule has 1 nitrogen and oxygen atoms in total. The molecule has 0 unspecified atom stereocenters. The summed E-state index contributed by atoms with van der Waals surface area (Å²) in [5.41, 5.74) is 2.28. The lowest BCUT2D eigenvalue weighted by Gasteiger charge is -2.33. The fourth-order valence-electron chi connectivity index (χ4n) is 2.85. The Morgan fingerprint density at radius 1 is 1.05 bits per heavy atom. The molecule has 0 fully saturated rings. The standard InChI is InChI=1S/C17H15FO/c1-17(13-6-8-14(18)9-7-13)11-10-12-4-2-3-5-15(12)16(17)19/h2-9H,10-11H2,1H3/t17-/m0/s1. The third-order valence-electron chi connectivity index (χ3n) is 4.14. The van der Waals surface area contributed by atoms with Gasteiger partial charge in [-0.15, -0.1) is 0 Å². The lowest BCUT2D eigenvalue weighted by molar-refractivity contribution is 0.0875. The summed E-state index contributed by atoms with van der Waals surface area (Å²) in [6.07, 6.45) is 1.66. The number of fused-ring (bicyclic) bond motifs is 1. The van der Waals surface area contributed by atoms with Gasteiger partial charge in [0.2, 0.25) is 0 Å². The molecule has 1 aliphatic carbocycles. The summed E-state index contributed by atoms with van der Waals surface area (Å²) in [7, 11) is 0. The van der Waals surface area contributed by atoms with Crippen molar-refractivity contribution in [1.82, 2.24) is 0 Å². The Labute approximate surface area is 112 Å². The number of halogens is 1. The van der Waals surface area contributed by atoms with E-state index in [2.05, 4.69) is 0 Å². The summed E-state index contributed by atoms with van der Waals surface area (Å²) in [4.78, 5) is 12.7. The number of hydrogen-bond donors (Lipinski definition) is 0. The van der Waals surface area contributed by atoms with Crippen LogP contribution in [0.4, 0.5) is 4.39 Å². The van der Waals surface area contributed by atoms with E-state index in [1.54, 1.807) is 12.1 Å². The maximum absolute atomic E-state index is 13.0. The Balaban J connectivity index is 2.07. The first kappa shape index (κ1) is 12.1. The van der Waals surface area contributed by atoms with Crippen LogP contribution < -0.4 is 0 Å². The second-order valence-electron chi connectivity index (χ2n) is 5.33. The molecule has 0 bridgehead atoms. The van der Waals surface area contributed by atoms with Crippen LogP contribution in [0.1, 0.15) is 34.8 Å². The van der Waals surface area contributed by atoms with Crippen molar-refractivity contribution in [2.75, 3.05) is 0 Å². The molecule has 0 amide bonds. The summed E-state index contributed by atoms with van der Waals surface area (Å²) in [5.74, 6) is -0.128. The van der Waals surface area contributed by atoms with E-state index in [9.17, 15) is 9.18 Å². The molecule has 0 spiro atoms. The largest absolute Gasteiger partial charge is 0.293 e. The molecule has 0 heterocycles. The number of Topliss-reactive ketones (excluding diaryl/α,β-unsaturated/α-hetero) is 1. The quantitative estimate of drug-likeness (QED) is 0.754. The van der Waals surface area contributed by atoms with E-state index in [1.807, 2.05) is 31.2 Å². The fraction of sp³-hybridized carbons (Fsp3) is 0.235. The minimum absolute atomic E-state index is 0.140. The van der Waals surface area contributed by atoms with Gasteiger partial charge in [-0.2, -0.15) is 0 Å². The normalized spacial score (nSPS) is 22.1. The molecule has 0 radical (unpaired) electrons. The predicted octanol–water partition coefficient (Wildman–Crippen LogP) is 3.91. The van der Waals surface area contributed by atoms with Crippen molar-refractivity contribution in [1.29, 1.82) is 0 Å². The van der Waals surface area contributed by atoms with Gasteiger partial charge in [-0.25, -0.2) is 4.39 Å². The maximum atomic E-state index is 13.0. The number of benzene rings is 2. The highest BCUT2D eigenvalue weighted by Crippen LogP contribution is 2.38. The number of carbonyl (C=O) groups is 1. The Morgan fingerprint density at radius 2 is 1.74 bits per heavy atom. The van der Waals surface area contributed by atoms with Crippen molar-refractivity contribution in [2.45, 2.75) is 25.2 Å². The molecule has 0 saturated heterocycles. The van der Waals surface area contributed by atoms with Crippen molar-refractivity contribution in [3.8, 4) is 0 Å². The third kappa shape index (κ3) is 1.88. The first-order valence-electron chi connectivity index (χ1n) is 6.50. The van der Waals surface area contributed by atoms with E-state index in [1.165, 1.54) is 12.1 Å². The molecule has 0 N–H and O–H groups in total. The molecular formula is C17H15FO. The van der Waals surface area contributed by atoms with E-state index < -0.39 is 5.41 Å². The predicted molar refractivity (Wildman–Crippen MR) is 72.8 cm³/mol. The molecule has 2 heteroatoms. The van der Waals surface area contributed by atoms with Crippen LogP contribution in [0.5, 0.6) is 0 Å². The lowest BCUT2D eigenvalue weighted by Crippen LogP contribution is -2.37. The van der Waals surface area contributed by atoms with E-state index in [-0.39, 0.29) is 11.6 Å². The van der Waals surface area contributed by atoms with E-state index >= 15 is 0 Å². The van der Waals surface area contributed by atoms with Crippen LogP contribution >= 0.6 is 0 Å². The van der Waals surface area contributed by atoms with Gasteiger partial charge in [0, 0.05) is 5.56 Å². The molecule has 0 saturated carbocycles. The SMILES string of the molecule is C[C@@]1(c2ccc(F)cc2)CCc2ccccc2C1=O. The van der Waals surface area contributed by atoms with Gasteiger partial charge in [-0.1, -0.05) is 36.4 Å². The van der Waals surface area contributed by atoms with Gasteiger partial charge in [0.15, 0.2) is 5.78 Å². The average molecular weight is 254 g/mol. The topological polar surface area (TPSA) is 17.1 Å². The van der Waals surface area contributed by atoms with Crippen molar-refractivity contribution in [3.63, 3.8) is 0 Å². The molecule has 2 aromatic carbocycles. The zero-order valence-electron chi connectivity index (χ0n) is 10.8. The molecule has 1 aliphatic rings. The summed E-state index contributed by atoms with van der Waals surface area (Å²) < 4.78 is 13.0. The van der Waals surface area contributed by atoms with Crippen LogP contribution in [0.3, 0.4) is 0 Å². The third-order valence-corrected chi connectivity index (χ3v) is 4.14. The lowest BCUT2D eigenvalue weighted by atomic mass is 9.68. The first-order valence-corrected chi connectivity index (χ1v) is 6.50. The van der Waals surface area contributed by atoms with E-state index in [4.69, 9.17) is 0 Å². The number of rotatable bonds is 1. The number of aryl methyl sites for hydroxylation is 1. The zero-order chi connectivity index (χ0) is 13.5. The molecule has 0 aliphatic heterocycles. The number of carbonyl (C=O) groups excluding carboxylic acids is 1. The second-order valence-corrected chi connectivity index (χ2v) is 5.33. The van der Waals surface area contributed by atoms with Gasteiger partial charge < -0.3 is 0 Å². The fourth-order valence-corrected chi connectivity index (χ4v) is 2.85. The van der Waals surface area contributed by atoms with Gasteiger partial charge >= 0.3 is 0 Å². The van der Waals surface area contributed by atoms with Crippen molar-refractivity contribution < 1.29 is 9.18 Å². The summed E-state index contributed by atoms with van der Waals surface area (Å²) in [6, 6.07) is 14.1. The maximum Gasteiger partial charge on any atom is 0.173 e. The van der Waals surface area contributed by atoms with Crippen molar-refractivity contribution >= 4 is 5.78 Å². The summed E-state index contributed by atoms with van der Waals surface area (Å²) in [6.45, 7) is 1.96. The Hall–Kier alpha value is -1.96. The highest BCUT2D eigenvalue weighted by molar-refractivity contribution is 6.05. The smallest absolute Gasteiger partial charge is 0.173 e. The highest BCUT2D eigenvalue weighted by atomic mass is 19.1. The Bertz CT molecular complexity index is 630. The monoisotopic (exact) mass is 254 g/mol. The van der Waals surface area contributed by atoms with Gasteiger partial charge in [0.05, 0.1) is 5.41 Å². The summed E-state index contributed by atoms with van der Waals surface area (Å²) >= 11 is 0. The minimum atomic E-state index is -0.540. The molecule has 0 aromatic heterocycles. The van der Waals surface area contributed by atoms with Gasteiger partial charge in [0.25, 0.3) is 0 Å². The van der Waals surface area contributed by atoms with Crippen LogP contribution in [-0.2, 0) is 11.8 Å². The van der Waals surface area contributed by atoms with Crippen molar-refractivity contribution in [2.24, 2.45) is 0 Å². The van der Waals surface area contributed by atoms with Crippen molar-refractivity contribution in [3.05, 3.63) is 71.0 Å². The molecule has 1 atom stereocenters. The first-order chi connectivity index (χ1) is 9.11. The van der Waals surface area contributed by atoms with Crippen LogP contribution in [0.25, 0.3) is 0 Å². The van der Waals surface area contributed by atoms with Crippen LogP contribution in [0.15, 0.2) is 48.5 Å². The highest BCUT2D eigenvalue weighted by Gasteiger charge is 2.39. The molecular weight excluding hydrogens is 239 g/mol. The summed E-state index contributed by atoms with van der Waals surface area (Å²) in [5, 5.41) is 0. The molecule has 19 heavy (non-hydrogen) atoms. The van der Waals surface area contributed by atoms with Crippen LogP contribution in [0, 0.1) is 5.82 Å². The van der Waals surface area contributed by atoms with E-state index in [0.717, 1.165) is 29.5 Å². The van der Waals surface area contributed by atoms with E-state index in [0.29, 0.717) is 0 Å². The Kier molecular flexibility index (Phi) is 2.74. The van der Waals surface area contributed by atoms with Gasteiger partial charge in [-0.05, 0) is 43.0 Å². The van der Waals surface area contributed by atoms with Gasteiger partial charge in [0.1, 0.15) is 5.82 Å². The molecule has 96 valence electrons. The van der Waals surface area contributed by atoms with Gasteiger partial charge in [-0.3, -0.25) is 4.79 Å². The molecule has 2 aromatic rings. The second kappa shape index (κ2) is 4.30. The minimum Gasteiger partial charge on any atom is -0.293 e. The number of ketones is 1.